The second-order valence-corrected chi connectivity index (χ2v) is 3.34. The first-order chi connectivity index (χ1) is 7.57. The zero-order valence-electron chi connectivity index (χ0n) is 7.86. The summed E-state index contributed by atoms with van der Waals surface area (Å²) in [6, 6.07) is 4.33. The van der Waals surface area contributed by atoms with Crippen LogP contribution in [0.1, 0.15) is 5.69 Å². The maximum atomic E-state index is 12.6. The minimum absolute atomic E-state index is 0.456. The van der Waals surface area contributed by atoms with Gasteiger partial charge in [0.1, 0.15) is 5.52 Å². The summed E-state index contributed by atoms with van der Waals surface area (Å²) in [5.41, 5.74) is 0.247. The Labute approximate surface area is 86.9 Å². The van der Waals surface area contributed by atoms with E-state index in [4.69, 9.17) is 0 Å². The normalized spacial score (nSPS) is 12.7. The Kier molecular flexibility index (Phi) is 1.58. The number of hydrogen-bond acceptors (Lipinski definition) is 1. The summed E-state index contributed by atoms with van der Waals surface area (Å²) >= 11 is 0. The number of pyridine rings is 1. The summed E-state index contributed by atoms with van der Waals surface area (Å²) in [7, 11) is 0. The highest BCUT2D eigenvalue weighted by Gasteiger charge is 2.43. The van der Waals surface area contributed by atoms with Crippen molar-refractivity contribution in [2.75, 3.05) is 0 Å². The maximum Gasteiger partial charge on any atom is 0.483 e. The molecule has 1 N–H and O–H groups in total. The third kappa shape index (κ3) is 1.11. The molecule has 3 rings (SSSR count). The van der Waals surface area contributed by atoms with E-state index in [2.05, 4.69) is 10.1 Å². The third-order valence-corrected chi connectivity index (χ3v) is 2.34. The summed E-state index contributed by atoms with van der Waals surface area (Å²) < 4.78 is 40.1. The average molecular weight is 227 g/mol. The second-order valence-electron chi connectivity index (χ2n) is 3.34. The van der Waals surface area contributed by atoms with Gasteiger partial charge < -0.3 is 0 Å². The van der Waals surface area contributed by atoms with E-state index < -0.39 is 11.9 Å². The quantitative estimate of drug-likeness (QED) is 0.579. The van der Waals surface area contributed by atoms with Gasteiger partial charge in [-0.15, -0.1) is 5.10 Å². The van der Waals surface area contributed by atoms with Gasteiger partial charge in [0.15, 0.2) is 0 Å². The number of nitrogens with one attached hydrogen (secondary N) is 1. The van der Waals surface area contributed by atoms with E-state index in [0.717, 1.165) is 10.7 Å². The van der Waals surface area contributed by atoms with E-state index in [0.29, 0.717) is 11.2 Å². The lowest BCUT2D eigenvalue weighted by Gasteiger charge is -1.94. The summed E-state index contributed by atoms with van der Waals surface area (Å²) in [6.07, 6.45) is -1.53. The van der Waals surface area contributed by atoms with Crippen LogP contribution in [0.3, 0.4) is 0 Å². The summed E-state index contributed by atoms with van der Waals surface area (Å²) in [4.78, 5) is 4.01. The van der Waals surface area contributed by atoms with Crippen LogP contribution in [0.5, 0.6) is 0 Å². The predicted molar refractivity (Wildman–Crippen MR) is 47.7 cm³/mol. The summed E-state index contributed by atoms with van der Waals surface area (Å²) in [5, 5.41) is 2.63. The van der Waals surface area contributed by atoms with Crippen LogP contribution < -0.4 is 4.63 Å². The SMILES string of the molecule is FC(F)(F)c1ccn2c3ncccc3[nH][n+]12. The molecule has 82 valence electrons. The standard InChI is InChI=1S/C9H6F3N4/c10-9(11,12)7-3-5-15-8-6(14-16(7)15)2-1-4-13-8/h1-5,14H/q+1. The van der Waals surface area contributed by atoms with Gasteiger partial charge in [-0.25, -0.2) is 4.98 Å². The highest BCUT2D eigenvalue weighted by atomic mass is 19.4. The molecule has 7 heteroatoms. The number of hydrogen-bond donors (Lipinski definition) is 1. The molecule has 0 fully saturated rings. The Morgan fingerprint density at radius 1 is 1.31 bits per heavy atom. The van der Waals surface area contributed by atoms with Crippen LogP contribution in [0.15, 0.2) is 30.6 Å². The van der Waals surface area contributed by atoms with Crippen LogP contribution in [0, 0.1) is 0 Å². The van der Waals surface area contributed by atoms with Gasteiger partial charge in [-0.05, 0) is 12.1 Å². The average Bonchev–Trinajstić information content (AvgIpc) is 2.73. The minimum atomic E-state index is -4.39. The number of aromatic amines is 1. The molecule has 0 aliphatic carbocycles. The molecule has 0 atom stereocenters. The molecule has 0 saturated carbocycles. The fraction of sp³-hybridized carbons (Fsp3) is 0.111. The third-order valence-electron chi connectivity index (χ3n) is 2.34. The lowest BCUT2D eigenvalue weighted by Crippen LogP contribution is -2.36. The molecular weight excluding hydrogens is 221 g/mol. The molecule has 16 heavy (non-hydrogen) atoms. The fourth-order valence-corrected chi connectivity index (χ4v) is 1.67. The van der Waals surface area contributed by atoms with Crippen molar-refractivity contribution in [3.05, 3.63) is 36.3 Å². The van der Waals surface area contributed by atoms with Crippen molar-refractivity contribution in [2.45, 2.75) is 6.18 Å². The van der Waals surface area contributed by atoms with Crippen LogP contribution >= 0.6 is 0 Å². The second kappa shape index (κ2) is 2.75. The van der Waals surface area contributed by atoms with E-state index >= 15 is 0 Å². The molecule has 0 bridgehead atoms. The highest BCUT2D eigenvalue weighted by Crippen LogP contribution is 2.26. The molecule has 3 heterocycles. The van der Waals surface area contributed by atoms with E-state index in [1.807, 2.05) is 0 Å². The molecule has 0 radical (unpaired) electrons. The van der Waals surface area contributed by atoms with E-state index in [-0.39, 0.29) is 0 Å². The van der Waals surface area contributed by atoms with Crippen molar-refractivity contribution in [2.24, 2.45) is 0 Å². The number of aromatic nitrogens is 4. The van der Waals surface area contributed by atoms with Crippen LogP contribution in [0.2, 0.25) is 0 Å². The van der Waals surface area contributed by atoms with Gasteiger partial charge in [-0.2, -0.15) is 13.2 Å². The summed E-state index contributed by atoms with van der Waals surface area (Å²) in [6.45, 7) is 0. The molecule has 4 nitrogen and oxygen atoms in total. The van der Waals surface area contributed by atoms with Crippen molar-refractivity contribution < 1.29 is 17.8 Å². The first-order valence-electron chi connectivity index (χ1n) is 4.51. The van der Waals surface area contributed by atoms with Gasteiger partial charge in [0.05, 0.1) is 6.20 Å². The lowest BCUT2D eigenvalue weighted by atomic mass is 10.4. The number of alkyl halides is 3. The zero-order chi connectivity index (χ0) is 11.3. The number of halogens is 3. The van der Waals surface area contributed by atoms with Crippen LogP contribution in [0.4, 0.5) is 13.2 Å². The zero-order valence-corrected chi connectivity index (χ0v) is 7.86. The first kappa shape index (κ1) is 9.20. The predicted octanol–water partition coefficient (Wildman–Crippen LogP) is 1.42. The van der Waals surface area contributed by atoms with Crippen LogP contribution in [-0.2, 0) is 6.18 Å². The minimum Gasteiger partial charge on any atom is -0.232 e. The molecule has 0 aliphatic heterocycles. The van der Waals surface area contributed by atoms with E-state index in [9.17, 15) is 13.2 Å². The summed E-state index contributed by atoms with van der Waals surface area (Å²) in [5.74, 6) is 0. The molecule has 0 aromatic carbocycles. The van der Waals surface area contributed by atoms with Crippen LogP contribution in [0.25, 0.3) is 11.2 Å². The highest BCUT2D eigenvalue weighted by molar-refractivity contribution is 5.67. The molecule has 0 saturated heterocycles. The van der Waals surface area contributed by atoms with E-state index in [1.54, 1.807) is 12.1 Å². The Morgan fingerprint density at radius 2 is 2.12 bits per heavy atom. The first-order valence-corrected chi connectivity index (χ1v) is 4.51. The number of fused-ring (bicyclic) bond motifs is 3. The van der Waals surface area contributed by atoms with Crippen molar-refractivity contribution in [3.8, 4) is 0 Å². The van der Waals surface area contributed by atoms with Gasteiger partial charge in [0.2, 0.25) is 5.65 Å². The van der Waals surface area contributed by atoms with Crippen LogP contribution in [-0.4, -0.2) is 14.6 Å². The number of H-pyrrole nitrogens is 1. The van der Waals surface area contributed by atoms with Gasteiger partial charge in [0.25, 0.3) is 0 Å². The smallest absolute Gasteiger partial charge is 0.232 e. The Balaban J connectivity index is 2.43. The monoisotopic (exact) mass is 227 g/mol. The Bertz CT molecular complexity index is 664. The van der Waals surface area contributed by atoms with Crippen molar-refractivity contribution in [1.82, 2.24) is 14.6 Å². The molecule has 0 aliphatic rings. The molecular formula is C9H6F3N4+. The number of nitrogens with zero attached hydrogens (tertiary/aromatic N) is 3. The molecule has 0 unspecified atom stereocenters. The molecule has 0 spiro atoms. The molecule has 0 amide bonds. The van der Waals surface area contributed by atoms with Crippen molar-refractivity contribution in [3.63, 3.8) is 0 Å². The van der Waals surface area contributed by atoms with Crippen molar-refractivity contribution in [1.29, 1.82) is 0 Å². The maximum absolute atomic E-state index is 12.6. The van der Waals surface area contributed by atoms with Crippen molar-refractivity contribution >= 4 is 11.2 Å². The topological polar surface area (TPSA) is 37.2 Å². The van der Waals surface area contributed by atoms with E-state index in [1.165, 1.54) is 16.9 Å². The molecule has 3 aromatic heterocycles. The number of rotatable bonds is 0. The van der Waals surface area contributed by atoms with Gasteiger partial charge in [-0.1, -0.05) is 4.52 Å². The fourth-order valence-electron chi connectivity index (χ4n) is 1.67. The Hall–Kier alpha value is -2.05. The largest absolute Gasteiger partial charge is 0.483 e. The molecule has 3 aromatic rings. The van der Waals surface area contributed by atoms with Gasteiger partial charge >= 0.3 is 11.9 Å². The van der Waals surface area contributed by atoms with Gasteiger partial charge in [0, 0.05) is 16.9 Å². The lowest BCUT2D eigenvalue weighted by molar-refractivity contribution is -0.687. The Morgan fingerprint density at radius 3 is 2.88 bits per heavy atom. The van der Waals surface area contributed by atoms with Gasteiger partial charge in [-0.3, -0.25) is 0 Å².